The molecule has 0 aliphatic carbocycles. The minimum absolute atomic E-state index is 0.107. The molecule has 0 unspecified atom stereocenters. The zero-order valence-corrected chi connectivity index (χ0v) is 16.9. The molecule has 0 heterocycles. The van der Waals surface area contributed by atoms with Crippen LogP contribution in [0.2, 0.25) is 0 Å². The molecule has 6 heteroatoms. The molecule has 0 aromatic heterocycles. The fourth-order valence-electron chi connectivity index (χ4n) is 3.19. The number of ether oxygens (including phenoxy) is 1. The zero-order valence-electron chi connectivity index (χ0n) is 16.9. The van der Waals surface area contributed by atoms with Crippen LogP contribution in [0.5, 0.6) is 11.5 Å². The van der Waals surface area contributed by atoms with E-state index in [9.17, 15) is 18.7 Å². The number of phenolic OH excluding ortho intramolecular Hbond substituents is 1. The second-order valence-electron chi connectivity index (χ2n) is 7.11. The Morgan fingerprint density at radius 2 is 1.62 bits per heavy atom. The third kappa shape index (κ3) is 4.92. The van der Waals surface area contributed by atoms with Gasteiger partial charge in [0.25, 0.3) is 0 Å². The van der Waals surface area contributed by atoms with Crippen molar-refractivity contribution >= 4 is 11.7 Å². The first-order valence-corrected chi connectivity index (χ1v) is 9.88. The van der Waals surface area contributed by atoms with E-state index in [0.717, 1.165) is 23.4 Å². The Labute approximate surface area is 183 Å². The molecule has 2 N–H and O–H groups in total. The Bertz CT molecular complexity index is 1240. The number of phenols is 1. The summed E-state index contributed by atoms with van der Waals surface area (Å²) in [5.41, 5.74) is 2.28. The molecule has 0 bridgehead atoms. The Hall–Kier alpha value is -4.19. The molecule has 0 saturated heterocycles. The number of aromatic hydroxyl groups is 1. The van der Waals surface area contributed by atoms with E-state index in [2.05, 4.69) is 5.32 Å². The van der Waals surface area contributed by atoms with E-state index < -0.39 is 17.6 Å². The van der Waals surface area contributed by atoms with Crippen molar-refractivity contribution in [2.45, 2.75) is 6.54 Å². The van der Waals surface area contributed by atoms with E-state index in [1.54, 1.807) is 12.1 Å². The number of carbonyl (C=O) groups excluding carboxylic acids is 1. The largest absolute Gasteiger partial charge is 0.507 e. The van der Waals surface area contributed by atoms with Crippen LogP contribution in [-0.2, 0) is 6.54 Å². The van der Waals surface area contributed by atoms with Gasteiger partial charge >= 0.3 is 5.97 Å². The van der Waals surface area contributed by atoms with Gasteiger partial charge in [0.15, 0.2) is 0 Å². The molecule has 0 aliphatic heterocycles. The first kappa shape index (κ1) is 21.1. The second kappa shape index (κ2) is 9.31. The predicted octanol–water partition coefficient (Wildman–Crippen LogP) is 6.17. The summed E-state index contributed by atoms with van der Waals surface area (Å²) in [5.74, 6) is -2.26. The van der Waals surface area contributed by atoms with Gasteiger partial charge in [-0.3, -0.25) is 0 Å². The molecular weight excluding hydrogens is 412 g/mol. The molecule has 0 atom stereocenters. The minimum Gasteiger partial charge on any atom is -0.507 e. The predicted molar refractivity (Wildman–Crippen MR) is 119 cm³/mol. The Balaban J connectivity index is 1.46. The third-order valence-corrected chi connectivity index (χ3v) is 4.86. The molecule has 0 saturated carbocycles. The number of carbonyl (C=O) groups is 1. The molecule has 4 aromatic carbocycles. The van der Waals surface area contributed by atoms with Gasteiger partial charge in [0.1, 0.15) is 28.7 Å². The van der Waals surface area contributed by atoms with Crippen molar-refractivity contribution in [3.05, 3.63) is 114 Å². The van der Waals surface area contributed by atoms with Gasteiger partial charge in [0, 0.05) is 23.9 Å². The number of esters is 1. The molecule has 4 nitrogen and oxygen atoms in total. The van der Waals surface area contributed by atoms with Gasteiger partial charge in [0.2, 0.25) is 0 Å². The Morgan fingerprint density at radius 1 is 0.875 bits per heavy atom. The maximum absolute atomic E-state index is 14.1. The van der Waals surface area contributed by atoms with Crippen LogP contribution in [0.15, 0.2) is 91.0 Å². The SMILES string of the molecule is O=C(Oc1ccc(CNc2ccccc2)cc1)c1cc(-c2ccc(F)cc2F)ccc1O. The van der Waals surface area contributed by atoms with Crippen LogP contribution in [0.3, 0.4) is 0 Å². The number of anilines is 1. The summed E-state index contributed by atoms with van der Waals surface area (Å²) < 4.78 is 32.7. The van der Waals surface area contributed by atoms with E-state index in [-0.39, 0.29) is 16.9 Å². The lowest BCUT2D eigenvalue weighted by molar-refractivity contribution is 0.0731. The van der Waals surface area contributed by atoms with Crippen molar-refractivity contribution in [2.75, 3.05) is 5.32 Å². The summed E-state index contributed by atoms with van der Waals surface area (Å²) in [6, 6.07) is 23.9. The molecule has 0 amide bonds. The van der Waals surface area contributed by atoms with Gasteiger partial charge in [0.05, 0.1) is 0 Å². The highest BCUT2D eigenvalue weighted by molar-refractivity contribution is 5.95. The number of hydrogen-bond acceptors (Lipinski definition) is 4. The van der Waals surface area contributed by atoms with Crippen LogP contribution >= 0.6 is 0 Å². The first-order valence-electron chi connectivity index (χ1n) is 9.88. The maximum Gasteiger partial charge on any atom is 0.347 e. The fourth-order valence-corrected chi connectivity index (χ4v) is 3.19. The molecule has 4 aromatic rings. The molecule has 160 valence electrons. The van der Waals surface area contributed by atoms with Crippen molar-refractivity contribution in [1.82, 2.24) is 0 Å². The monoisotopic (exact) mass is 431 g/mol. The number of rotatable bonds is 6. The van der Waals surface area contributed by atoms with Crippen LogP contribution < -0.4 is 10.1 Å². The van der Waals surface area contributed by atoms with Crippen LogP contribution in [0.25, 0.3) is 11.1 Å². The number of halogens is 2. The highest BCUT2D eigenvalue weighted by atomic mass is 19.1. The van der Waals surface area contributed by atoms with E-state index in [1.807, 2.05) is 42.5 Å². The minimum atomic E-state index is -0.790. The Kier molecular flexibility index (Phi) is 6.12. The summed E-state index contributed by atoms with van der Waals surface area (Å²) in [7, 11) is 0. The molecule has 0 fully saturated rings. The lowest BCUT2D eigenvalue weighted by Crippen LogP contribution is -2.09. The smallest absolute Gasteiger partial charge is 0.347 e. The van der Waals surface area contributed by atoms with Crippen molar-refractivity contribution in [3.63, 3.8) is 0 Å². The zero-order chi connectivity index (χ0) is 22.5. The van der Waals surface area contributed by atoms with Gasteiger partial charge < -0.3 is 15.2 Å². The van der Waals surface area contributed by atoms with Crippen LogP contribution in [0, 0.1) is 11.6 Å². The molecule has 4 rings (SSSR count). The molecule has 0 radical (unpaired) electrons. The fraction of sp³-hybridized carbons (Fsp3) is 0.0385. The molecule has 0 spiro atoms. The molecule has 0 aliphatic rings. The van der Waals surface area contributed by atoms with Crippen molar-refractivity contribution < 1.29 is 23.4 Å². The van der Waals surface area contributed by atoms with Crippen molar-refractivity contribution in [1.29, 1.82) is 0 Å². The number of nitrogens with one attached hydrogen (secondary N) is 1. The van der Waals surface area contributed by atoms with E-state index in [1.165, 1.54) is 24.3 Å². The van der Waals surface area contributed by atoms with Gasteiger partial charge in [-0.2, -0.15) is 0 Å². The summed E-state index contributed by atoms with van der Waals surface area (Å²) in [6.45, 7) is 0.601. The van der Waals surface area contributed by atoms with E-state index in [0.29, 0.717) is 17.9 Å². The van der Waals surface area contributed by atoms with Gasteiger partial charge in [-0.15, -0.1) is 0 Å². The number of hydrogen-bond donors (Lipinski definition) is 2. The lowest BCUT2D eigenvalue weighted by Gasteiger charge is -2.10. The van der Waals surface area contributed by atoms with Gasteiger partial charge in [-0.1, -0.05) is 36.4 Å². The highest BCUT2D eigenvalue weighted by Crippen LogP contribution is 2.29. The van der Waals surface area contributed by atoms with Crippen molar-refractivity contribution in [3.8, 4) is 22.6 Å². The van der Waals surface area contributed by atoms with E-state index in [4.69, 9.17) is 4.74 Å². The topological polar surface area (TPSA) is 58.6 Å². The summed E-state index contributed by atoms with van der Waals surface area (Å²) in [6.07, 6.45) is 0. The average Bonchev–Trinajstić information content (AvgIpc) is 2.80. The van der Waals surface area contributed by atoms with Crippen LogP contribution in [0.1, 0.15) is 15.9 Å². The van der Waals surface area contributed by atoms with Crippen LogP contribution in [-0.4, -0.2) is 11.1 Å². The quantitative estimate of drug-likeness (QED) is 0.283. The van der Waals surface area contributed by atoms with E-state index >= 15 is 0 Å². The molecule has 32 heavy (non-hydrogen) atoms. The normalized spacial score (nSPS) is 10.6. The van der Waals surface area contributed by atoms with Gasteiger partial charge in [-0.05, 0) is 59.7 Å². The summed E-state index contributed by atoms with van der Waals surface area (Å²) in [5, 5.41) is 13.4. The Morgan fingerprint density at radius 3 is 2.34 bits per heavy atom. The summed E-state index contributed by atoms with van der Waals surface area (Å²) in [4.78, 5) is 12.6. The van der Waals surface area contributed by atoms with Crippen molar-refractivity contribution in [2.24, 2.45) is 0 Å². The molecular formula is C26H19F2NO3. The second-order valence-corrected chi connectivity index (χ2v) is 7.11. The lowest BCUT2D eigenvalue weighted by atomic mass is 10.0. The van der Waals surface area contributed by atoms with Gasteiger partial charge in [-0.25, -0.2) is 13.6 Å². The first-order chi connectivity index (χ1) is 15.5. The van der Waals surface area contributed by atoms with Crippen LogP contribution in [0.4, 0.5) is 14.5 Å². The summed E-state index contributed by atoms with van der Waals surface area (Å²) >= 11 is 0. The standard InChI is InChI=1S/C26H19F2NO3/c27-19-9-12-22(24(28)15-19)18-8-13-25(30)23(14-18)26(31)32-21-10-6-17(7-11-21)16-29-20-4-2-1-3-5-20/h1-15,29-30H,16H2. The third-order valence-electron chi connectivity index (χ3n) is 4.86. The highest BCUT2D eigenvalue weighted by Gasteiger charge is 2.17. The number of para-hydroxylation sites is 1. The average molecular weight is 431 g/mol. The number of benzene rings is 4. The maximum atomic E-state index is 14.1.